The van der Waals surface area contributed by atoms with E-state index in [0.717, 1.165) is 13.1 Å². The molecule has 0 bridgehead atoms. The first-order valence-corrected chi connectivity index (χ1v) is 5.75. The van der Waals surface area contributed by atoms with E-state index in [2.05, 4.69) is 50.4 Å². The molecule has 1 aromatic rings. The van der Waals surface area contributed by atoms with Gasteiger partial charge in [-0.15, -0.1) is 0 Å². The minimum Gasteiger partial charge on any atom is -0.357 e. The Morgan fingerprint density at radius 3 is 2.56 bits per heavy atom. The Morgan fingerprint density at radius 1 is 1.31 bits per heavy atom. The molecule has 1 heterocycles. The van der Waals surface area contributed by atoms with E-state index in [-0.39, 0.29) is 0 Å². The summed E-state index contributed by atoms with van der Waals surface area (Å²) in [7, 11) is 2.13. The normalized spacial score (nSPS) is 11.6. The molecule has 0 saturated heterocycles. The molecule has 0 unspecified atom stereocenters. The Morgan fingerprint density at radius 2 is 2.00 bits per heavy atom. The summed E-state index contributed by atoms with van der Waals surface area (Å²) < 4.78 is 0. The lowest BCUT2D eigenvalue weighted by molar-refractivity contribution is 0.341. The summed E-state index contributed by atoms with van der Waals surface area (Å²) >= 11 is 0. The fourth-order valence-corrected chi connectivity index (χ4v) is 1.65. The molecule has 1 rings (SSSR count). The third-order valence-corrected chi connectivity index (χ3v) is 3.07. The second kappa shape index (κ2) is 5.71. The molecular formula is C14H22N2. The van der Waals surface area contributed by atoms with E-state index in [4.69, 9.17) is 0 Å². The van der Waals surface area contributed by atoms with Crippen molar-refractivity contribution in [2.45, 2.75) is 27.3 Å². The Bertz CT molecular complexity index is 386. The molecule has 0 amide bonds. The van der Waals surface area contributed by atoms with Crippen LogP contribution in [0.15, 0.2) is 18.7 Å². The van der Waals surface area contributed by atoms with Crippen LogP contribution in [0.5, 0.6) is 0 Å². The average Bonchev–Trinajstić information content (AvgIpc) is 2.54. The largest absolute Gasteiger partial charge is 0.357 e. The van der Waals surface area contributed by atoms with Crippen LogP contribution in [-0.4, -0.2) is 23.5 Å². The van der Waals surface area contributed by atoms with Gasteiger partial charge in [0.25, 0.3) is 0 Å². The zero-order chi connectivity index (χ0) is 12.1. The molecule has 0 saturated carbocycles. The van der Waals surface area contributed by atoms with Crippen LogP contribution in [0.4, 0.5) is 0 Å². The van der Waals surface area contributed by atoms with E-state index in [1.807, 2.05) is 6.08 Å². The predicted octanol–water partition coefficient (Wildman–Crippen LogP) is 3.28. The first-order chi connectivity index (χ1) is 7.60. The summed E-state index contributed by atoms with van der Waals surface area (Å²) in [6, 6.07) is 0. The number of nitrogens with zero attached hydrogens (tertiary/aromatic N) is 1. The molecule has 16 heavy (non-hydrogen) atoms. The summed E-state index contributed by atoms with van der Waals surface area (Å²) in [6.45, 7) is 12.2. The van der Waals surface area contributed by atoms with Gasteiger partial charge in [0, 0.05) is 17.9 Å². The van der Waals surface area contributed by atoms with Crippen molar-refractivity contribution in [3.8, 4) is 0 Å². The van der Waals surface area contributed by atoms with Gasteiger partial charge >= 0.3 is 0 Å². The fraction of sp³-hybridized carbons (Fsp3) is 0.429. The summed E-state index contributed by atoms with van der Waals surface area (Å²) in [5.74, 6) is 0. The maximum Gasteiger partial charge on any atom is 0.0415 e. The number of rotatable bonds is 5. The van der Waals surface area contributed by atoms with Gasteiger partial charge in [-0.2, -0.15) is 0 Å². The van der Waals surface area contributed by atoms with Crippen LogP contribution in [0.3, 0.4) is 0 Å². The highest BCUT2D eigenvalue weighted by molar-refractivity contribution is 5.55. The van der Waals surface area contributed by atoms with Crippen LogP contribution in [0.2, 0.25) is 0 Å². The second-order valence-electron chi connectivity index (χ2n) is 4.19. The summed E-state index contributed by atoms with van der Waals surface area (Å²) in [5, 5.41) is 0. The molecule has 0 aliphatic heterocycles. The molecule has 0 atom stereocenters. The molecular weight excluding hydrogens is 196 g/mol. The minimum absolute atomic E-state index is 0.977. The fourth-order valence-electron chi connectivity index (χ4n) is 1.65. The summed E-state index contributed by atoms with van der Waals surface area (Å²) in [4.78, 5) is 5.76. The van der Waals surface area contributed by atoms with E-state index in [9.17, 15) is 0 Å². The first kappa shape index (κ1) is 12.8. The second-order valence-corrected chi connectivity index (χ2v) is 4.19. The van der Waals surface area contributed by atoms with Crippen LogP contribution in [0.25, 0.3) is 6.08 Å². The maximum absolute atomic E-state index is 3.69. The summed E-state index contributed by atoms with van der Waals surface area (Å²) in [5.41, 5.74) is 5.20. The van der Waals surface area contributed by atoms with Gasteiger partial charge in [0.1, 0.15) is 0 Å². The lowest BCUT2D eigenvalue weighted by atomic mass is 10.1. The number of hydrogen-bond donors (Lipinski definition) is 1. The van der Waals surface area contributed by atoms with E-state index < -0.39 is 0 Å². The zero-order valence-electron chi connectivity index (χ0n) is 10.8. The molecule has 0 aliphatic rings. The van der Waals surface area contributed by atoms with Crippen molar-refractivity contribution in [2.24, 2.45) is 0 Å². The molecule has 0 fully saturated rings. The van der Waals surface area contributed by atoms with Gasteiger partial charge in [0.05, 0.1) is 0 Å². The van der Waals surface area contributed by atoms with Crippen molar-refractivity contribution in [3.63, 3.8) is 0 Å². The molecule has 1 N–H and O–H groups in total. The number of allylic oxidation sites excluding steroid dienone is 2. The highest BCUT2D eigenvalue weighted by Crippen LogP contribution is 2.19. The molecule has 88 valence electrons. The molecule has 0 radical (unpaired) electrons. The highest BCUT2D eigenvalue weighted by atomic mass is 15.1. The van der Waals surface area contributed by atoms with Crippen molar-refractivity contribution in [1.82, 2.24) is 9.88 Å². The van der Waals surface area contributed by atoms with Gasteiger partial charge in [-0.25, -0.2) is 0 Å². The quantitative estimate of drug-likeness (QED) is 0.751. The lowest BCUT2D eigenvalue weighted by Crippen LogP contribution is -2.17. The molecule has 0 aliphatic carbocycles. The lowest BCUT2D eigenvalue weighted by Gasteiger charge is -2.13. The topological polar surface area (TPSA) is 19.0 Å². The Labute approximate surface area is 98.7 Å². The van der Waals surface area contributed by atoms with Gasteiger partial charge in [0.15, 0.2) is 0 Å². The molecule has 2 heteroatoms. The minimum atomic E-state index is 0.977. The van der Waals surface area contributed by atoms with Gasteiger partial charge in [0.2, 0.25) is 0 Å². The summed E-state index contributed by atoms with van der Waals surface area (Å²) in [6.07, 6.45) is 5.84. The maximum atomic E-state index is 3.69. The van der Waals surface area contributed by atoms with Crippen LogP contribution in [-0.2, 0) is 6.54 Å². The molecule has 2 nitrogen and oxygen atoms in total. The van der Waals surface area contributed by atoms with Gasteiger partial charge < -0.3 is 9.88 Å². The van der Waals surface area contributed by atoms with E-state index in [1.54, 1.807) is 6.08 Å². The van der Waals surface area contributed by atoms with Crippen molar-refractivity contribution in [3.05, 3.63) is 41.2 Å². The Kier molecular flexibility index (Phi) is 4.56. The smallest absolute Gasteiger partial charge is 0.0415 e. The van der Waals surface area contributed by atoms with Crippen molar-refractivity contribution in [1.29, 1.82) is 0 Å². The molecule has 0 spiro atoms. The number of aromatic nitrogens is 1. The Hall–Kier alpha value is -1.28. The SMILES string of the molecule is C=C/C=C\c1[nH]c(CN(C)CC)c(C)c1C. The van der Waals surface area contributed by atoms with Crippen molar-refractivity contribution in [2.75, 3.05) is 13.6 Å². The number of nitrogens with one attached hydrogen (secondary N) is 1. The third kappa shape index (κ3) is 2.86. The molecule has 1 aromatic heterocycles. The first-order valence-electron chi connectivity index (χ1n) is 5.75. The average molecular weight is 218 g/mol. The van der Waals surface area contributed by atoms with Gasteiger partial charge in [-0.1, -0.05) is 25.7 Å². The highest BCUT2D eigenvalue weighted by Gasteiger charge is 2.09. The van der Waals surface area contributed by atoms with Gasteiger partial charge in [-0.3, -0.25) is 0 Å². The number of aromatic amines is 1. The monoisotopic (exact) mass is 218 g/mol. The third-order valence-electron chi connectivity index (χ3n) is 3.07. The van der Waals surface area contributed by atoms with Crippen molar-refractivity contribution < 1.29 is 0 Å². The standard InChI is InChI=1S/C14H22N2/c1-6-8-9-13-11(3)12(4)14(15-13)10-16(5)7-2/h6,8-9,15H,1,7,10H2,2-5H3/b9-8-. The molecule has 0 aromatic carbocycles. The van der Waals surface area contributed by atoms with Crippen LogP contribution in [0.1, 0.15) is 29.4 Å². The van der Waals surface area contributed by atoms with Crippen LogP contribution in [0, 0.1) is 13.8 Å². The van der Waals surface area contributed by atoms with E-state index in [0.29, 0.717) is 0 Å². The van der Waals surface area contributed by atoms with Crippen molar-refractivity contribution >= 4 is 6.08 Å². The Balaban J connectivity index is 2.95. The van der Waals surface area contributed by atoms with E-state index in [1.165, 1.54) is 22.5 Å². The predicted molar refractivity (Wildman–Crippen MR) is 71.5 cm³/mol. The van der Waals surface area contributed by atoms with E-state index >= 15 is 0 Å². The number of hydrogen-bond acceptors (Lipinski definition) is 1. The zero-order valence-corrected chi connectivity index (χ0v) is 10.8. The van der Waals surface area contributed by atoms with Crippen LogP contribution < -0.4 is 0 Å². The van der Waals surface area contributed by atoms with Crippen LogP contribution >= 0.6 is 0 Å². The number of H-pyrrole nitrogens is 1. The van der Waals surface area contributed by atoms with Gasteiger partial charge in [-0.05, 0) is 44.6 Å².